The minimum Gasteiger partial charge on any atom is -0.341 e. The molecule has 0 N–H and O–H groups in total. The molecule has 1 heteroatoms. The van der Waals surface area contributed by atoms with E-state index < -0.39 is 0 Å². The molecule has 1 aromatic heterocycles. The predicted molar refractivity (Wildman–Crippen MR) is 67.1 cm³/mol. The first-order valence-corrected chi connectivity index (χ1v) is 5.50. The van der Waals surface area contributed by atoms with E-state index in [4.69, 9.17) is 0 Å². The molecule has 0 amide bonds. The van der Waals surface area contributed by atoms with E-state index in [1.807, 2.05) is 0 Å². The zero-order valence-corrected chi connectivity index (χ0v) is 9.62. The number of benzene rings is 1. The maximum absolute atomic E-state index is 2.37. The van der Waals surface area contributed by atoms with Crippen LogP contribution in [0.3, 0.4) is 0 Å². The van der Waals surface area contributed by atoms with Crippen molar-refractivity contribution < 1.29 is 0 Å². The van der Waals surface area contributed by atoms with Crippen molar-refractivity contribution in [2.24, 2.45) is 0 Å². The molecular weight excluding hydrogens is 182 g/mol. The molecule has 2 aromatic rings. The van der Waals surface area contributed by atoms with Crippen LogP contribution in [0.25, 0.3) is 17.0 Å². The van der Waals surface area contributed by atoms with E-state index in [0.717, 1.165) is 6.54 Å². The van der Waals surface area contributed by atoms with Crippen molar-refractivity contribution in [3.05, 3.63) is 41.6 Å². The van der Waals surface area contributed by atoms with E-state index in [-0.39, 0.29) is 0 Å². The highest BCUT2D eigenvalue weighted by atomic mass is 15.0. The second-order valence-corrected chi connectivity index (χ2v) is 3.77. The number of allylic oxidation sites excluding steroid dienone is 1. The Kier molecular flexibility index (Phi) is 2.63. The first kappa shape index (κ1) is 10.0. The predicted octanol–water partition coefficient (Wildman–Crippen LogP) is 4.00. The van der Waals surface area contributed by atoms with Gasteiger partial charge in [-0.1, -0.05) is 24.3 Å². The summed E-state index contributed by atoms with van der Waals surface area (Å²) < 4.78 is 2.37. The Balaban J connectivity index is 2.84. The molecule has 0 bridgehead atoms. The van der Waals surface area contributed by atoms with Gasteiger partial charge in [0.05, 0.1) is 0 Å². The Bertz CT molecular complexity index is 503. The molecule has 0 saturated carbocycles. The molecule has 1 heterocycles. The minimum atomic E-state index is 1.02. The standard InChI is InChI=1S/C14H17N/c1-4-8-13-11(3)12-9-6-7-10-14(12)15(13)5-2/h4,6-10H,5H2,1-3H3/b8-4-. The molecule has 0 unspecified atom stereocenters. The van der Waals surface area contributed by atoms with Crippen molar-refractivity contribution >= 4 is 17.0 Å². The maximum atomic E-state index is 2.37. The Morgan fingerprint density at radius 3 is 2.67 bits per heavy atom. The molecular formula is C14H17N. The summed E-state index contributed by atoms with van der Waals surface area (Å²) in [6.07, 6.45) is 4.30. The first-order chi connectivity index (χ1) is 7.29. The van der Waals surface area contributed by atoms with E-state index in [9.17, 15) is 0 Å². The van der Waals surface area contributed by atoms with Crippen LogP contribution in [0, 0.1) is 6.92 Å². The third-order valence-corrected chi connectivity index (χ3v) is 2.91. The Hall–Kier alpha value is -1.50. The number of hydrogen-bond acceptors (Lipinski definition) is 0. The molecule has 0 aliphatic carbocycles. The van der Waals surface area contributed by atoms with Gasteiger partial charge in [0.15, 0.2) is 0 Å². The molecule has 0 aliphatic heterocycles. The number of para-hydroxylation sites is 1. The van der Waals surface area contributed by atoms with E-state index in [0.29, 0.717) is 0 Å². The molecule has 0 spiro atoms. The second-order valence-electron chi connectivity index (χ2n) is 3.77. The smallest absolute Gasteiger partial charge is 0.0487 e. The third kappa shape index (κ3) is 1.48. The van der Waals surface area contributed by atoms with Crippen LogP contribution in [0.5, 0.6) is 0 Å². The van der Waals surface area contributed by atoms with E-state index in [1.54, 1.807) is 0 Å². The lowest BCUT2D eigenvalue weighted by atomic mass is 10.1. The highest BCUT2D eigenvalue weighted by Crippen LogP contribution is 2.26. The maximum Gasteiger partial charge on any atom is 0.0487 e. The summed E-state index contributed by atoms with van der Waals surface area (Å²) in [4.78, 5) is 0. The summed E-state index contributed by atoms with van der Waals surface area (Å²) in [5.41, 5.74) is 4.05. The van der Waals surface area contributed by atoms with Crippen molar-refractivity contribution in [3.8, 4) is 0 Å². The van der Waals surface area contributed by atoms with Crippen LogP contribution < -0.4 is 0 Å². The van der Waals surface area contributed by atoms with Crippen LogP contribution in [0.1, 0.15) is 25.1 Å². The molecule has 0 aliphatic rings. The van der Waals surface area contributed by atoms with Crippen LogP contribution >= 0.6 is 0 Å². The number of nitrogens with zero attached hydrogens (tertiary/aromatic N) is 1. The fraction of sp³-hybridized carbons (Fsp3) is 0.286. The number of aryl methyl sites for hydroxylation is 2. The lowest BCUT2D eigenvalue weighted by Crippen LogP contribution is -1.96. The first-order valence-electron chi connectivity index (χ1n) is 5.50. The van der Waals surface area contributed by atoms with Gasteiger partial charge in [0, 0.05) is 23.1 Å². The monoisotopic (exact) mass is 199 g/mol. The SMILES string of the molecule is C/C=C\c1c(C)c2ccccc2n1CC. The highest BCUT2D eigenvalue weighted by Gasteiger charge is 2.09. The normalized spacial score (nSPS) is 11.7. The summed E-state index contributed by atoms with van der Waals surface area (Å²) in [6, 6.07) is 8.60. The van der Waals surface area contributed by atoms with Crippen LogP contribution in [0.4, 0.5) is 0 Å². The van der Waals surface area contributed by atoms with Crippen LogP contribution in [0.15, 0.2) is 30.3 Å². The summed E-state index contributed by atoms with van der Waals surface area (Å²) in [5, 5.41) is 1.37. The highest BCUT2D eigenvalue weighted by molar-refractivity contribution is 5.87. The molecule has 15 heavy (non-hydrogen) atoms. The number of fused-ring (bicyclic) bond motifs is 1. The Morgan fingerprint density at radius 2 is 2.00 bits per heavy atom. The van der Waals surface area contributed by atoms with E-state index >= 15 is 0 Å². The minimum absolute atomic E-state index is 1.02. The number of aromatic nitrogens is 1. The summed E-state index contributed by atoms with van der Waals surface area (Å²) in [6.45, 7) is 7.48. The molecule has 0 saturated heterocycles. The lowest BCUT2D eigenvalue weighted by molar-refractivity contribution is 0.787. The number of rotatable bonds is 2. The van der Waals surface area contributed by atoms with Gasteiger partial charge >= 0.3 is 0 Å². The molecule has 2 rings (SSSR count). The van der Waals surface area contributed by atoms with E-state index in [2.05, 4.69) is 61.8 Å². The molecule has 0 fully saturated rings. The van der Waals surface area contributed by atoms with Crippen LogP contribution in [-0.2, 0) is 6.54 Å². The van der Waals surface area contributed by atoms with Gasteiger partial charge in [-0.15, -0.1) is 0 Å². The van der Waals surface area contributed by atoms with Crippen LogP contribution in [-0.4, -0.2) is 4.57 Å². The Morgan fingerprint density at radius 1 is 1.27 bits per heavy atom. The fourth-order valence-electron chi connectivity index (χ4n) is 2.21. The summed E-state index contributed by atoms with van der Waals surface area (Å²) in [5.74, 6) is 0. The average Bonchev–Trinajstić information content (AvgIpc) is 2.54. The van der Waals surface area contributed by atoms with Crippen molar-refractivity contribution in [2.45, 2.75) is 27.3 Å². The van der Waals surface area contributed by atoms with Gasteiger partial charge in [-0.25, -0.2) is 0 Å². The molecule has 1 nitrogen and oxygen atoms in total. The van der Waals surface area contributed by atoms with Gasteiger partial charge in [0.25, 0.3) is 0 Å². The molecule has 0 atom stereocenters. The van der Waals surface area contributed by atoms with Gasteiger partial charge in [-0.3, -0.25) is 0 Å². The second kappa shape index (κ2) is 3.93. The van der Waals surface area contributed by atoms with Crippen molar-refractivity contribution in [1.82, 2.24) is 4.57 Å². The lowest BCUT2D eigenvalue weighted by Gasteiger charge is -2.04. The topological polar surface area (TPSA) is 4.93 Å². The number of hydrogen-bond donors (Lipinski definition) is 0. The molecule has 1 aromatic carbocycles. The summed E-state index contributed by atoms with van der Waals surface area (Å²) in [7, 11) is 0. The Labute approximate surface area is 91.0 Å². The van der Waals surface area contributed by atoms with Gasteiger partial charge in [-0.05, 0) is 38.5 Å². The van der Waals surface area contributed by atoms with Crippen molar-refractivity contribution in [1.29, 1.82) is 0 Å². The third-order valence-electron chi connectivity index (χ3n) is 2.91. The average molecular weight is 199 g/mol. The molecule has 0 radical (unpaired) electrons. The van der Waals surface area contributed by atoms with Crippen molar-refractivity contribution in [2.75, 3.05) is 0 Å². The quantitative estimate of drug-likeness (QED) is 0.689. The van der Waals surface area contributed by atoms with E-state index in [1.165, 1.54) is 22.2 Å². The van der Waals surface area contributed by atoms with Gasteiger partial charge in [0.2, 0.25) is 0 Å². The fourth-order valence-corrected chi connectivity index (χ4v) is 2.21. The van der Waals surface area contributed by atoms with Gasteiger partial charge in [0.1, 0.15) is 0 Å². The van der Waals surface area contributed by atoms with Crippen LogP contribution in [0.2, 0.25) is 0 Å². The largest absolute Gasteiger partial charge is 0.341 e. The van der Waals surface area contributed by atoms with Crippen molar-refractivity contribution in [3.63, 3.8) is 0 Å². The van der Waals surface area contributed by atoms with Gasteiger partial charge < -0.3 is 4.57 Å². The zero-order chi connectivity index (χ0) is 10.8. The van der Waals surface area contributed by atoms with Gasteiger partial charge in [-0.2, -0.15) is 0 Å². The zero-order valence-electron chi connectivity index (χ0n) is 9.62. The summed E-state index contributed by atoms with van der Waals surface area (Å²) >= 11 is 0. The molecule has 78 valence electrons.